The van der Waals surface area contributed by atoms with Crippen LogP contribution in [-0.2, 0) is 16.1 Å². The van der Waals surface area contributed by atoms with Crippen molar-refractivity contribution in [3.63, 3.8) is 0 Å². The molecule has 2 aromatic rings. The molecule has 0 aromatic heterocycles. The number of nitrogens with zero attached hydrogens (tertiary/aromatic N) is 1. The molecule has 7 heteroatoms. The first-order chi connectivity index (χ1) is 14.4. The van der Waals surface area contributed by atoms with E-state index in [-0.39, 0.29) is 18.4 Å². The molecule has 2 aromatic carbocycles. The SMILES string of the molecule is CCCCNC(=O)[C@H](C)N(Cc1ccc(Cl)cc1Cl)C(=O)CCSc1ccccc1. The van der Waals surface area contributed by atoms with Crippen LogP contribution >= 0.6 is 35.0 Å². The summed E-state index contributed by atoms with van der Waals surface area (Å²) in [4.78, 5) is 28.4. The molecular formula is C23H28Cl2N2O2S. The second kappa shape index (κ2) is 12.9. The van der Waals surface area contributed by atoms with Crippen LogP contribution in [0.2, 0.25) is 10.0 Å². The lowest BCUT2D eigenvalue weighted by Crippen LogP contribution is -2.47. The number of carbonyl (C=O) groups is 2. The van der Waals surface area contributed by atoms with Gasteiger partial charge in [-0.3, -0.25) is 9.59 Å². The number of thioether (sulfide) groups is 1. The van der Waals surface area contributed by atoms with E-state index >= 15 is 0 Å². The highest BCUT2D eigenvalue weighted by atomic mass is 35.5. The van der Waals surface area contributed by atoms with Gasteiger partial charge in [-0.05, 0) is 43.2 Å². The Labute approximate surface area is 193 Å². The average molecular weight is 467 g/mol. The van der Waals surface area contributed by atoms with Crippen molar-refractivity contribution in [1.29, 1.82) is 0 Å². The summed E-state index contributed by atoms with van der Waals surface area (Å²) in [5, 5.41) is 3.94. The van der Waals surface area contributed by atoms with E-state index in [1.165, 1.54) is 0 Å². The van der Waals surface area contributed by atoms with Crippen LogP contribution in [0.4, 0.5) is 0 Å². The van der Waals surface area contributed by atoms with Crippen molar-refractivity contribution in [2.45, 2.75) is 50.6 Å². The molecule has 4 nitrogen and oxygen atoms in total. The first-order valence-electron chi connectivity index (χ1n) is 10.1. The van der Waals surface area contributed by atoms with Gasteiger partial charge in [-0.15, -0.1) is 11.8 Å². The highest BCUT2D eigenvalue weighted by Crippen LogP contribution is 2.24. The second-order valence-corrected chi connectivity index (χ2v) is 9.00. The van der Waals surface area contributed by atoms with E-state index in [9.17, 15) is 9.59 Å². The van der Waals surface area contributed by atoms with Crippen LogP contribution in [0.3, 0.4) is 0 Å². The van der Waals surface area contributed by atoms with Gasteiger partial charge >= 0.3 is 0 Å². The van der Waals surface area contributed by atoms with E-state index < -0.39 is 6.04 Å². The Morgan fingerprint density at radius 1 is 1.13 bits per heavy atom. The number of hydrogen-bond donors (Lipinski definition) is 1. The van der Waals surface area contributed by atoms with E-state index in [0.29, 0.717) is 28.8 Å². The van der Waals surface area contributed by atoms with Crippen LogP contribution in [0, 0.1) is 0 Å². The van der Waals surface area contributed by atoms with Gasteiger partial charge in [0.1, 0.15) is 6.04 Å². The Kier molecular flexibility index (Phi) is 10.6. The molecule has 0 aliphatic carbocycles. The third-order valence-electron chi connectivity index (χ3n) is 4.68. The molecule has 0 spiro atoms. The summed E-state index contributed by atoms with van der Waals surface area (Å²) >= 11 is 13.9. The fourth-order valence-electron chi connectivity index (χ4n) is 2.87. The highest BCUT2D eigenvalue weighted by Gasteiger charge is 2.26. The van der Waals surface area contributed by atoms with Gasteiger partial charge in [0.25, 0.3) is 0 Å². The van der Waals surface area contributed by atoms with Gasteiger partial charge in [-0.1, -0.05) is 60.8 Å². The summed E-state index contributed by atoms with van der Waals surface area (Å²) in [5.74, 6) is 0.401. The molecular weight excluding hydrogens is 439 g/mol. The van der Waals surface area contributed by atoms with Crippen molar-refractivity contribution in [1.82, 2.24) is 10.2 Å². The maximum Gasteiger partial charge on any atom is 0.242 e. The number of unbranched alkanes of at least 4 members (excludes halogenated alkanes) is 1. The third-order valence-corrected chi connectivity index (χ3v) is 6.28. The quantitative estimate of drug-likeness (QED) is 0.335. The first-order valence-corrected chi connectivity index (χ1v) is 11.9. The first kappa shape index (κ1) is 24.6. The number of nitrogens with one attached hydrogen (secondary N) is 1. The molecule has 0 unspecified atom stereocenters. The Bertz CT molecular complexity index is 833. The molecule has 1 N–H and O–H groups in total. The Morgan fingerprint density at radius 3 is 2.53 bits per heavy atom. The number of benzene rings is 2. The standard InChI is InChI=1S/C23H28Cl2N2O2S/c1-3-4-13-26-23(29)17(2)27(16-18-10-11-19(24)15-21(18)25)22(28)12-14-30-20-8-6-5-7-9-20/h5-11,15,17H,3-4,12-14,16H2,1-2H3,(H,26,29)/t17-/m0/s1. The lowest BCUT2D eigenvalue weighted by atomic mass is 10.1. The molecule has 0 aliphatic heterocycles. The molecule has 30 heavy (non-hydrogen) atoms. The lowest BCUT2D eigenvalue weighted by Gasteiger charge is -2.29. The fourth-order valence-corrected chi connectivity index (χ4v) is 4.20. The lowest BCUT2D eigenvalue weighted by molar-refractivity contribution is -0.140. The molecule has 0 heterocycles. The van der Waals surface area contributed by atoms with Crippen LogP contribution < -0.4 is 5.32 Å². The molecule has 162 valence electrons. The van der Waals surface area contributed by atoms with E-state index in [1.54, 1.807) is 41.8 Å². The zero-order valence-electron chi connectivity index (χ0n) is 17.4. The predicted molar refractivity (Wildman–Crippen MR) is 126 cm³/mol. The van der Waals surface area contributed by atoms with Crippen LogP contribution in [0.1, 0.15) is 38.7 Å². The van der Waals surface area contributed by atoms with Gasteiger partial charge in [-0.25, -0.2) is 0 Å². The number of halogens is 2. The molecule has 0 saturated carbocycles. The average Bonchev–Trinajstić information content (AvgIpc) is 2.73. The predicted octanol–water partition coefficient (Wildman–Crippen LogP) is 5.81. The van der Waals surface area contributed by atoms with Crippen molar-refractivity contribution in [2.75, 3.05) is 12.3 Å². The van der Waals surface area contributed by atoms with Gasteiger partial charge in [0.2, 0.25) is 11.8 Å². The highest BCUT2D eigenvalue weighted by molar-refractivity contribution is 7.99. The molecule has 0 bridgehead atoms. The Balaban J connectivity index is 2.08. The van der Waals surface area contributed by atoms with E-state index in [4.69, 9.17) is 23.2 Å². The van der Waals surface area contributed by atoms with Gasteiger partial charge < -0.3 is 10.2 Å². The Morgan fingerprint density at radius 2 is 1.87 bits per heavy atom. The van der Waals surface area contributed by atoms with E-state index in [0.717, 1.165) is 23.3 Å². The van der Waals surface area contributed by atoms with Gasteiger partial charge in [0.15, 0.2) is 0 Å². The van der Waals surface area contributed by atoms with Crippen LogP contribution in [0.5, 0.6) is 0 Å². The van der Waals surface area contributed by atoms with Gasteiger partial charge in [0.05, 0.1) is 0 Å². The minimum absolute atomic E-state index is 0.0809. The largest absolute Gasteiger partial charge is 0.354 e. The summed E-state index contributed by atoms with van der Waals surface area (Å²) in [6.45, 7) is 4.69. The monoisotopic (exact) mass is 466 g/mol. The van der Waals surface area contributed by atoms with Crippen molar-refractivity contribution in [3.8, 4) is 0 Å². The van der Waals surface area contributed by atoms with Crippen LogP contribution in [0.15, 0.2) is 53.4 Å². The zero-order valence-corrected chi connectivity index (χ0v) is 19.7. The summed E-state index contributed by atoms with van der Waals surface area (Å²) < 4.78 is 0. The number of carbonyl (C=O) groups excluding carboxylic acids is 2. The van der Waals surface area contributed by atoms with Crippen molar-refractivity contribution < 1.29 is 9.59 Å². The van der Waals surface area contributed by atoms with E-state index in [1.807, 2.05) is 30.3 Å². The van der Waals surface area contributed by atoms with Crippen molar-refractivity contribution in [3.05, 3.63) is 64.1 Å². The molecule has 0 radical (unpaired) electrons. The summed E-state index contributed by atoms with van der Waals surface area (Å²) in [5.41, 5.74) is 0.762. The van der Waals surface area contributed by atoms with Crippen molar-refractivity contribution >= 4 is 46.8 Å². The minimum atomic E-state index is -0.595. The molecule has 0 aliphatic rings. The summed E-state index contributed by atoms with van der Waals surface area (Å²) in [7, 11) is 0. The molecule has 0 saturated heterocycles. The fraction of sp³-hybridized carbons (Fsp3) is 0.391. The molecule has 0 fully saturated rings. The summed E-state index contributed by atoms with van der Waals surface area (Å²) in [6, 6.07) is 14.5. The van der Waals surface area contributed by atoms with Gasteiger partial charge in [0, 0.05) is 40.2 Å². The molecule has 2 rings (SSSR count). The zero-order chi connectivity index (χ0) is 21.9. The smallest absolute Gasteiger partial charge is 0.242 e. The molecule has 1 atom stereocenters. The maximum absolute atomic E-state index is 13.1. The van der Waals surface area contributed by atoms with Crippen LogP contribution in [-0.4, -0.2) is 35.1 Å². The normalized spacial score (nSPS) is 11.7. The second-order valence-electron chi connectivity index (χ2n) is 6.99. The number of amides is 2. The number of rotatable bonds is 11. The minimum Gasteiger partial charge on any atom is -0.354 e. The molecule has 2 amide bonds. The van der Waals surface area contributed by atoms with E-state index in [2.05, 4.69) is 12.2 Å². The number of hydrogen-bond acceptors (Lipinski definition) is 3. The van der Waals surface area contributed by atoms with Gasteiger partial charge in [-0.2, -0.15) is 0 Å². The maximum atomic E-state index is 13.1. The summed E-state index contributed by atoms with van der Waals surface area (Å²) in [6.07, 6.45) is 2.23. The topological polar surface area (TPSA) is 49.4 Å². The van der Waals surface area contributed by atoms with Crippen molar-refractivity contribution in [2.24, 2.45) is 0 Å². The van der Waals surface area contributed by atoms with Crippen LogP contribution in [0.25, 0.3) is 0 Å². The Hall–Kier alpha value is -1.69. The third kappa shape index (κ3) is 7.86.